The van der Waals surface area contributed by atoms with Gasteiger partial charge in [0.2, 0.25) is 0 Å². The Bertz CT molecular complexity index is 298. The van der Waals surface area contributed by atoms with Gasteiger partial charge in [-0.15, -0.1) is 0 Å². The zero-order valence-electron chi connectivity index (χ0n) is 12.8. The largest absolute Gasteiger partial charge is 0.400 e. The molecule has 112 valence electrons. The van der Waals surface area contributed by atoms with Crippen LogP contribution in [-0.2, 0) is 9.84 Å². The molecule has 1 saturated carbocycles. The maximum atomic E-state index is 11.6. The lowest BCUT2D eigenvalue weighted by Crippen LogP contribution is -2.40. The van der Waals surface area contributed by atoms with Crippen LogP contribution in [-0.4, -0.2) is 35.4 Å². The summed E-state index contributed by atoms with van der Waals surface area (Å²) in [6, 6.07) is 0. The maximum absolute atomic E-state index is 11.6. The van der Waals surface area contributed by atoms with Crippen LogP contribution in [0.5, 0.6) is 0 Å². The average Bonchev–Trinajstić information content (AvgIpc) is 1.97. The third-order valence-electron chi connectivity index (χ3n) is 2.34. The third kappa shape index (κ3) is 8.38. The number of hydrogen-bond acceptors (Lipinski definition) is 4. The van der Waals surface area contributed by atoms with Crippen molar-refractivity contribution in [2.75, 3.05) is 7.11 Å². The van der Waals surface area contributed by atoms with Crippen LogP contribution in [0.3, 0.4) is 0 Å². The van der Waals surface area contributed by atoms with E-state index in [1.807, 2.05) is 0 Å². The van der Waals surface area contributed by atoms with Gasteiger partial charge in [-0.2, -0.15) is 12.6 Å². The van der Waals surface area contributed by atoms with Gasteiger partial charge in [-0.25, -0.2) is 8.42 Å². The molecule has 1 aliphatic carbocycles. The molecular formula is C13H30O3S2. The van der Waals surface area contributed by atoms with Crippen LogP contribution in [0, 0.1) is 0 Å². The molecule has 0 saturated heterocycles. The highest BCUT2D eigenvalue weighted by Gasteiger charge is 2.39. The van der Waals surface area contributed by atoms with Crippen LogP contribution >= 0.6 is 12.6 Å². The van der Waals surface area contributed by atoms with Gasteiger partial charge >= 0.3 is 0 Å². The average molecular weight is 299 g/mol. The van der Waals surface area contributed by atoms with Crippen molar-refractivity contribution in [3.05, 3.63) is 0 Å². The lowest BCUT2D eigenvalue weighted by molar-refractivity contribution is 0.399. The fourth-order valence-electron chi connectivity index (χ4n) is 1.18. The molecule has 0 unspecified atom stereocenters. The molecule has 0 aromatic heterocycles. The molecule has 0 aliphatic heterocycles. The summed E-state index contributed by atoms with van der Waals surface area (Å²) in [6.45, 7) is 11.5. The summed E-state index contributed by atoms with van der Waals surface area (Å²) in [6.07, 6.45) is 2.83. The standard InChI is InChI=1S/C8H16O2S.C4H10S.CH4O/c1-8(2,3)11(9,10)7-5-4-6-7;1-4(2,3)5;1-2/h7H,4-6H2,1-3H3;5H,1-3H3;2H,1H3. The Balaban J connectivity index is 0. The molecule has 0 aromatic carbocycles. The van der Waals surface area contributed by atoms with Crippen molar-refractivity contribution in [3.8, 4) is 0 Å². The molecule has 0 heterocycles. The van der Waals surface area contributed by atoms with Crippen molar-refractivity contribution in [1.29, 1.82) is 0 Å². The van der Waals surface area contributed by atoms with Crippen LogP contribution < -0.4 is 0 Å². The summed E-state index contributed by atoms with van der Waals surface area (Å²) in [5.41, 5.74) is 0. The Labute approximate surface area is 119 Å². The first kappa shape index (κ1) is 20.6. The number of thiol groups is 1. The van der Waals surface area contributed by atoms with E-state index in [1.165, 1.54) is 0 Å². The lowest BCUT2D eigenvalue weighted by atomic mass is 10.00. The van der Waals surface area contributed by atoms with Gasteiger partial charge in [0.25, 0.3) is 0 Å². The molecule has 1 fully saturated rings. The van der Waals surface area contributed by atoms with E-state index in [0.29, 0.717) is 0 Å². The third-order valence-corrected chi connectivity index (χ3v) is 5.40. The second kappa shape index (κ2) is 7.75. The van der Waals surface area contributed by atoms with Gasteiger partial charge in [0, 0.05) is 11.9 Å². The molecule has 0 bridgehead atoms. The van der Waals surface area contributed by atoms with Crippen molar-refractivity contribution in [1.82, 2.24) is 0 Å². The van der Waals surface area contributed by atoms with Gasteiger partial charge < -0.3 is 5.11 Å². The molecule has 0 radical (unpaired) electrons. The molecular weight excluding hydrogens is 268 g/mol. The Hall–Kier alpha value is 0.260. The summed E-state index contributed by atoms with van der Waals surface area (Å²) in [5, 5.41) is 6.96. The molecule has 0 amide bonds. The molecule has 1 aliphatic rings. The number of hydrogen-bond donors (Lipinski definition) is 2. The van der Waals surface area contributed by atoms with Crippen molar-refractivity contribution in [2.45, 2.75) is 75.5 Å². The monoisotopic (exact) mass is 298 g/mol. The first-order valence-electron chi connectivity index (χ1n) is 6.26. The molecule has 1 rings (SSSR count). The summed E-state index contributed by atoms with van der Waals surface area (Å²) in [4.78, 5) is 0. The van der Waals surface area contributed by atoms with E-state index in [1.54, 1.807) is 20.8 Å². The van der Waals surface area contributed by atoms with Crippen LogP contribution in [0.4, 0.5) is 0 Å². The van der Waals surface area contributed by atoms with Gasteiger partial charge in [-0.3, -0.25) is 0 Å². The Kier molecular flexibility index (Phi) is 8.86. The van der Waals surface area contributed by atoms with E-state index in [0.717, 1.165) is 26.4 Å². The zero-order valence-corrected chi connectivity index (χ0v) is 14.5. The maximum Gasteiger partial charge on any atom is 0.158 e. The first-order chi connectivity index (χ1) is 7.86. The van der Waals surface area contributed by atoms with Crippen molar-refractivity contribution >= 4 is 22.5 Å². The summed E-state index contributed by atoms with van der Waals surface area (Å²) in [5.74, 6) is 0. The fourth-order valence-corrected chi connectivity index (χ4v) is 3.14. The SMILES string of the molecule is CC(C)(C)S.CC(C)(C)S(=O)(=O)C1CCC1.CO. The van der Waals surface area contributed by atoms with Crippen molar-refractivity contribution < 1.29 is 13.5 Å². The minimum atomic E-state index is -2.84. The van der Waals surface area contributed by atoms with Gasteiger partial charge in [0.1, 0.15) is 0 Å². The normalized spacial score (nSPS) is 16.7. The van der Waals surface area contributed by atoms with Gasteiger partial charge in [-0.1, -0.05) is 27.2 Å². The zero-order chi connectivity index (χ0) is 15.2. The van der Waals surface area contributed by atoms with E-state index in [2.05, 4.69) is 33.4 Å². The smallest absolute Gasteiger partial charge is 0.158 e. The highest BCUT2D eigenvalue weighted by molar-refractivity contribution is 7.93. The number of aliphatic hydroxyl groups excluding tert-OH is 1. The fraction of sp³-hybridized carbons (Fsp3) is 1.00. The number of rotatable bonds is 1. The molecule has 3 nitrogen and oxygen atoms in total. The predicted octanol–water partition coefficient (Wildman–Crippen LogP) is 3.08. The van der Waals surface area contributed by atoms with Crippen molar-refractivity contribution in [2.24, 2.45) is 0 Å². The number of aliphatic hydroxyl groups is 1. The number of sulfone groups is 1. The van der Waals surface area contributed by atoms with Gasteiger partial charge in [0.05, 0.1) is 10.00 Å². The van der Waals surface area contributed by atoms with Crippen molar-refractivity contribution in [3.63, 3.8) is 0 Å². The highest BCUT2D eigenvalue weighted by Crippen LogP contribution is 2.33. The molecule has 0 spiro atoms. The van der Waals surface area contributed by atoms with E-state index in [9.17, 15) is 8.42 Å². The molecule has 18 heavy (non-hydrogen) atoms. The highest BCUT2D eigenvalue weighted by atomic mass is 32.2. The Morgan fingerprint density at radius 1 is 1.00 bits per heavy atom. The quantitative estimate of drug-likeness (QED) is 0.732. The van der Waals surface area contributed by atoms with Crippen LogP contribution in [0.2, 0.25) is 0 Å². The molecule has 0 aromatic rings. The Morgan fingerprint density at radius 3 is 1.33 bits per heavy atom. The van der Waals surface area contributed by atoms with Gasteiger partial charge in [-0.05, 0) is 33.6 Å². The van der Waals surface area contributed by atoms with E-state index in [4.69, 9.17) is 5.11 Å². The minimum Gasteiger partial charge on any atom is -0.400 e. The minimum absolute atomic E-state index is 0.0394. The Morgan fingerprint density at radius 2 is 1.28 bits per heavy atom. The summed E-state index contributed by atoms with van der Waals surface area (Å²) in [7, 11) is -1.84. The topological polar surface area (TPSA) is 54.4 Å². The molecule has 5 heteroatoms. The first-order valence-corrected chi connectivity index (χ1v) is 8.25. The molecule has 1 N–H and O–H groups in total. The summed E-state index contributed by atoms with van der Waals surface area (Å²) >= 11 is 4.12. The van der Waals surface area contributed by atoms with Crippen LogP contribution in [0.1, 0.15) is 60.8 Å². The van der Waals surface area contributed by atoms with E-state index < -0.39 is 14.6 Å². The van der Waals surface area contributed by atoms with E-state index in [-0.39, 0.29) is 10.00 Å². The second-order valence-electron chi connectivity index (χ2n) is 6.38. The molecule has 0 atom stereocenters. The summed E-state index contributed by atoms with van der Waals surface area (Å²) < 4.78 is 22.9. The van der Waals surface area contributed by atoms with Crippen LogP contribution in [0.15, 0.2) is 0 Å². The van der Waals surface area contributed by atoms with Crippen LogP contribution in [0.25, 0.3) is 0 Å². The predicted molar refractivity (Wildman–Crippen MR) is 83.2 cm³/mol. The van der Waals surface area contributed by atoms with Gasteiger partial charge in [0.15, 0.2) is 9.84 Å². The lowest BCUT2D eigenvalue weighted by Gasteiger charge is -2.32. The van der Waals surface area contributed by atoms with E-state index >= 15 is 0 Å². The second-order valence-corrected chi connectivity index (χ2v) is 10.7.